The van der Waals surface area contributed by atoms with Gasteiger partial charge in [-0.1, -0.05) is 27.2 Å². The Hall–Kier alpha value is -0.0800. The molecule has 1 rings (SSSR count). The van der Waals surface area contributed by atoms with E-state index in [0.29, 0.717) is 0 Å². The van der Waals surface area contributed by atoms with Gasteiger partial charge in [0.2, 0.25) is 0 Å². The van der Waals surface area contributed by atoms with Gasteiger partial charge >= 0.3 is 0 Å². The second kappa shape index (κ2) is 7.24. The second-order valence-corrected chi connectivity index (χ2v) is 5.22. The molecule has 15 heavy (non-hydrogen) atoms. The molecule has 0 aromatic rings. The minimum absolute atomic E-state index is 0.850. The van der Waals surface area contributed by atoms with E-state index in [4.69, 9.17) is 0 Å². The van der Waals surface area contributed by atoms with E-state index in [9.17, 15) is 0 Å². The summed E-state index contributed by atoms with van der Waals surface area (Å²) in [6.45, 7) is 14.7. The van der Waals surface area contributed by atoms with Gasteiger partial charge in [0.1, 0.15) is 0 Å². The zero-order valence-electron chi connectivity index (χ0n) is 10.8. The van der Waals surface area contributed by atoms with Crippen LogP contribution >= 0.6 is 0 Å². The van der Waals surface area contributed by atoms with Crippen LogP contribution in [0.15, 0.2) is 0 Å². The molecule has 0 aromatic carbocycles. The molecular weight excluding hydrogens is 184 g/mol. The van der Waals surface area contributed by atoms with Gasteiger partial charge in [0.05, 0.1) is 0 Å². The van der Waals surface area contributed by atoms with Crippen molar-refractivity contribution in [3.05, 3.63) is 0 Å². The standard InChI is InChI=1S/C13H28N2/c1-4-5-7-14-9-11-15(12-10-14)8-6-13(2)3/h13H,4-12H2,1-3H3. The maximum atomic E-state index is 2.63. The molecule has 2 nitrogen and oxygen atoms in total. The van der Waals surface area contributed by atoms with Crippen molar-refractivity contribution < 1.29 is 0 Å². The predicted molar refractivity (Wildman–Crippen MR) is 67.2 cm³/mol. The zero-order chi connectivity index (χ0) is 11.1. The number of piperazine rings is 1. The molecule has 0 unspecified atom stereocenters. The quantitative estimate of drug-likeness (QED) is 0.667. The fraction of sp³-hybridized carbons (Fsp3) is 1.00. The number of hydrogen-bond acceptors (Lipinski definition) is 2. The molecule has 90 valence electrons. The molecule has 1 aliphatic heterocycles. The molecule has 0 saturated carbocycles. The third-order valence-electron chi connectivity index (χ3n) is 3.32. The van der Waals surface area contributed by atoms with Crippen molar-refractivity contribution in [2.45, 2.75) is 40.0 Å². The summed E-state index contributed by atoms with van der Waals surface area (Å²) in [6.07, 6.45) is 4.05. The van der Waals surface area contributed by atoms with Crippen LogP contribution in [-0.4, -0.2) is 49.1 Å². The fourth-order valence-corrected chi connectivity index (χ4v) is 2.06. The van der Waals surface area contributed by atoms with Crippen LogP contribution in [0, 0.1) is 5.92 Å². The molecule has 0 amide bonds. The van der Waals surface area contributed by atoms with E-state index in [1.165, 1.54) is 58.5 Å². The summed E-state index contributed by atoms with van der Waals surface area (Å²) in [5.41, 5.74) is 0. The Morgan fingerprint density at radius 2 is 1.47 bits per heavy atom. The molecular formula is C13H28N2. The first kappa shape index (κ1) is 13.0. The monoisotopic (exact) mass is 212 g/mol. The Balaban J connectivity index is 2.07. The lowest BCUT2D eigenvalue weighted by Crippen LogP contribution is -2.46. The van der Waals surface area contributed by atoms with Gasteiger partial charge in [-0.05, 0) is 31.8 Å². The van der Waals surface area contributed by atoms with Gasteiger partial charge < -0.3 is 9.80 Å². The SMILES string of the molecule is CCCCN1CCN(CCC(C)C)CC1. The predicted octanol–water partition coefficient (Wildman–Crippen LogP) is 2.45. The number of hydrogen-bond donors (Lipinski definition) is 0. The van der Waals surface area contributed by atoms with E-state index in [-0.39, 0.29) is 0 Å². The van der Waals surface area contributed by atoms with E-state index in [0.717, 1.165) is 5.92 Å². The number of unbranched alkanes of at least 4 members (excludes halogenated alkanes) is 1. The summed E-state index contributed by atoms with van der Waals surface area (Å²) in [4.78, 5) is 5.25. The lowest BCUT2D eigenvalue weighted by Gasteiger charge is -2.34. The lowest BCUT2D eigenvalue weighted by atomic mass is 10.1. The normalized spacial score (nSPS) is 20.0. The van der Waals surface area contributed by atoms with Gasteiger partial charge in [0.25, 0.3) is 0 Å². The minimum Gasteiger partial charge on any atom is -0.301 e. The Kier molecular flexibility index (Phi) is 6.26. The Morgan fingerprint density at radius 1 is 0.933 bits per heavy atom. The molecule has 0 aromatic heterocycles. The van der Waals surface area contributed by atoms with Crippen molar-refractivity contribution in [1.29, 1.82) is 0 Å². The van der Waals surface area contributed by atoms with Crippen molar-refractivity contribution in [2.24, 2.45) is 5.92 Å². The molecule has 1 fully saturated rings. The minimum atomic E-state index is 0.850. The van der Waals surface area contributed by atoms with Crippen LogP contribution in [-0.2, 0) is 0 Å². The van der Waals surface area contributed by atoms with Crippen molar-refractivity contribution in [3.63, 3.8) is 0 Å². The van der Waals surface area contributed by atoms with Gasteiger partial charge in [-0.3, -0.25) is 0 Å². The molecule has 0 aliphatic carbocycles. The van der Waals surface area contributed by atoms with Crippen molar-refractivity contribution in [3.8, 4) is 0 Å². The van der Waals surface area contributed by atoms with E-state index in [1.54, 1.807) is 0 Å². The Morgan fingerprint density at radius 3 is 1.93 bits per heavy atom. The largest absolute Gasteiger partial charge is 0.301 e. The van der Waals surface area contributed by atoms with Crippen molar-refractivity contribution in [2.75, 3.05) is 39.3 Å². The summed E-state index contributed by atoms with van der Waals surface area (Å²) in [5.74, 6) is 0.850. The molecule has 1 saturated heterocycles. The molecule has 0 spiro atoms. The molecule has 1 heterocycles. The smallest absolute Gasteiger partial charge is 0.0110 e. The topological polar surface area (TPSA) is 6.48 Å². The summed E-state index contributed by atoms with van der Waals surface area (Å²) in [6, 6.07) is 0. The lowest BCUT2D eigenvalue weighted by molar-refractivity contribution is 0.127. The van der Waals surface area contributed by atoms with Crippen LogP contribution in [0.2, 0.25) is 0 Å². The average molecular weight is 212 g/mol. The van der Waals surface area contributed by atoms with Crippen LogP contribution in [0.25, 0.3) is 0 Å². The van der Waals surface area contributed by atoms with E-state index in [2.05, 4.69) is 30.6 Å². The summed E-state index contributed by atoms with van der Waals surface area (Å²) in [7, 11) is 0. The second-order valence-electron chi connectivity index (χ2n) is 5.22. The molecule has 0 N–H and O–H groups in total. The van der Waals surface area contributed by atoms with Gasteiger partial charge in [-0.25, -0.2) is 0 Å². The van der Waals surface area contributed by atoms with Crippen LogP contribution in [0.4, 0.5) is 0 Å². The number of rotatable bonds is 6. The Labute approximate surface area is 95.6 Å². The van der Waals surface area contributed by atoms with E-state index < -0.39 is 0 Å². The van der Waals surface area contributed by atoms with Crippen LogP contribution < -0.4 is 0 Å². The third-order valence-corrected chi connectivity index (χ3v) is 3.32. The van der Waals surface area contributed by atoms with Gasteiger partial charge in [0, 0.05) is 26.2 Å². The number of nitrogens with zero attached hydrogens (tertiary/aromatic N) is 2. The Bertz CT molecular complexity index is 149. The highest BCUT2D eigenvalue weighted by Crippen LogP contribution is 2.07. The van der Waals surface area contributed by atoms with Crippen LogP contribution in [0.1, 0.15) is 40.0 Å². The molecule has 2 heteroatoms. The molecule has 0 bridgehead atoms. The average Bonchev–Trinajstić information content (AvgIpc) is 2.25. The first-order chi connectivity index (χ1) is 7.22. The van der Waals surface area contributed by atoms with Gasteiger partial charge in [-0.15, -0.1) is 0 Å². The summed E-state index contributed by atoms with van der Waals surface area (Å²) in [5, 5.41) is 0. The highest BCUT2D eigenvalue weighted by molar-refractivity contribution is 4.71. The maximum absolute atomic E-state index is 2.63. The van der Waals surface area contributed by atoms with E-state index >= 15 is 0 Å². The van der Waals surface area contributed by atoms with E-state index in [1.807, 2.05) is 0 Å². The third kappa shape index (κ3) is 5.53. The van der Waals surface area contributed by atoms with Crippen molar-refractivity contribution in [1.82, 2.24) is 9.80 Å². The molecule has 0 radical (unpaired) electrons. The highest BCUT2D eigenvalue weighted by Gasteiger charge is 2.15. The summed E-state index contributed by atoms with van der Waals surface area (Å²) < 4.78 is 0. The summed E-state index contributed by atoms with van der Waals surface area (Å²) >= 11 is 0. The first-order valence-electron chi connectivity index (χ1n) is 6.67. The fourth-order valence-electron chi connectivity index (χ4n) is 2.06. The van der Waals surface area contributed by atoms with Gasteiger partial charge in [0.15, 0.2) is 0 Å². The molecule has 0 atom stereocenters. The van der Waals surface area contributed by atoms with Crippen molar-refractivity contribution >= 4 is 0 Å². The highest BCUT2D eigenvalue weighted by atomic mass is 15.3. The maximum Gasteiger partial charge on any atom is 0.0110 e. The van der Waals surface area contributed by atoms with Crippen LogP contribution in [0.5, 0.6) is 0 Å². The van der Waals surface area contributed by atoms with Gasteiger partial charge in [-0.2, -0.15) is 0 Å². The zero-order valence-corrected chi connectivity index (χ0v) is 10.8. The molecule has 1 aliphatic rings. The van der Waals surface area contributed by atoms with Crippen LogP contribution in [0.3, 0.4) is 0 Å². The first-order valence-corrected chi connectivity index (χ1v) is 6.67.